The second-order valence-electron chi connectivity index (χ2n) is 4.69. The Morgan fingerprint density at radius 3 is 2.96 bits per heavy atom. The van der Waals surface area contributed by atoms with Crippen molar-refractivity contribution in [2.24, 2.45) is 0 Å². The van der Waals surface area contributed by atoms with E-state index in [-0.39, 0.29) is 13.0 Å². The highest BCUT2D eigenvalue weighted by Crippen LogP contribution is 2.20. The summed E-state index contributed by atoms with van der Waals surface area (Å²) in [6.07, 6.45) is 3.64. The molecule has 3 aromatic rings. The van der Waals surface area contributed by atoms with Gasteiger partial charge in [-0.3, -0.25) is 14.0 Å². The van der Waals surface area contributed by atoms with Gasteiger partial charge in [-0.1, -0.05) is 23.7 Å². The fraction of sp³-hybridized carbons (Fsp3) is 0.133. The normalized spacial score (nSPS) is 10.7. The third-order valence-electron chi connectivity index (χ3n) is 2.98. The molecule has 0 atom stereocenters. The topological polar surface area (TPSA) is 72.7 Å². The van der Waals surface area contributed by atoms with E-state index < -0.39 is 11.9 Å². The Hall–Kier alpha value is -2.38. The molecule has 0 radical (unpaired) electrons. The van der Waals surface area contributed by atoms with Gasteiger partial charge in [-0.2, -0.15) is 0 Å². The Balaban J connectivity index is 1.49. The maximum absolute atomic E-state index is 11.8. The number of nitrogens with one attached hydrogen (secondary N) is 1. The molecule has 3 rings (SSSR count). The summed E-state index contributed by atoms with van der Waals surface area (Å²) in [5.74, 6) is -0.956. The number of fused-ring (bicyclic) bond motifs is 1. The van der Waals surface area contributed by atoms with Gasteiger partial charge >= 0.3 is 5.97 Å². The summed E-state index contributed by atoms with van der Waals surface area (Å²) in [6, 6.07) is 6.83. The van der Waals surface area contributed by atoms with Crippen molar-refractivity contribution in [1.82, 2.24) is 9.38 Å². The number of aromatic nitrogens is 2. The predicted octanol–water partition coefficient (Wildman–Crippen LogP) is 2.77. The van der Waals surface area contributed by atoms with Crippen LogP contribution in [0.1, 0.15) is 5.69 Å². The van der Waals surface area contributed by atoms with Crippen molar-refractivity contribution in [2.75, 3.05) is 11.9 Å². The van der Waals surface area contributed by atoms with Gasteiger partial charge in [0.25, 0.3) is 5.91 Å². The molecule has 0 saturated carbocycles. The summed E-state index contributed by atoms with van der Waals surface area (Å²) >= 11 is 7.41. The number of hydrogen-bond acceptors (Lipinski definition) is 5. The summed E-state index contributed by atoms with van der Waals surface area (Å²) in [5, 5.41) is 4.91. The Labute approximate surface area is 140 Å². The van der Waals surface area contributed by atoms with E-state index in [2.05, 4.69) is 10.3 Å². The molecule has 0 aliphatic heterocycles. The molecule has 0 saturated heterocycles. The lowest BCUT2D eigenvalue weighted by Gasteiger charge is -2.07. The van der Waals surface area contributed by atoms with E-state index in [4.69, 9.17) is 16.3 Å². The molecule has 8 heteroatoms. The van der Waals surface area contributed by atoms with Crippen LogP contribution in [0.5, 0.6) is 0 Å². The first-order chi connectivity index (χ1) is 11.1. The number of amides is 1. The number of imidazole rings is 1. The molecule has 0 aliphatic rings. The zero-order chi connectivity index (χ0) is 16.2. The zero-order valence-corrected chi connectivity index (χ0v) is 13.4. The van der Waals surface area contributed by atoms with Crippen LogP contribution in [-0.2, 0) is 20.7 Å². The van der Waals surface area contributed by atoms with Gasteiger partial charge in [-0.05, 0) is 12.1 Å². The minimum atomic E-state index is -0.509. The highest BCUT2D eigenvalue weighted by atomic mass is 35.5. The van der Waals surface area contributed by atoms with E-state index in [0.29, 0.717) is 16.4 Å². The molecule has 1 amide bonds. The lowest BCUT2D eigenvalue weighted by atomic mass is 10.3. The Morgan fingerprint density at radius 2 is 2.17 bits per heavy atom. The van der Waals surface area contributed by atoms with Crippen LogP contribution in [0.2, 0.25) is 5.02 Å². The first-order valence-electron chi connectivity index (χ1n) is 6.73. The van der Waals surface area contributed by atoms with Gasteiger partial charge in [-0.15, -0.1) is 11.3 Å². The number of thiazole rings is 1. The van der Waals surface area contributed by atoms with Crippen LogP contribution < -0.4 is 5.32 Å². The summed E-state index contributed by atoms with van der Waals surface area (Å²) in [4.78, 5) is 28.6. The minimum Gasteiger partial charge on any atom is -0.455 e. The second kappa shape index (κ2) is 6.80. The number of carbonyl (C=O) groups excluding carboxylic acids is 2. The highest BCUT2D eigenvalue weighted by molar-refractivity contribution is 7.15. The van der Waals surface area contributed by atoms with Crippen molar-refractivity contribution in [2.45, 2.75) is 6.42 Å². The SMILES string of the molecule is O=C(COC(=O)Cc1cn2ccsc2n1)Nc1ccccc1Cl. The van der Waals surface area contributed by atoms with Gasteiger partial charge < -0.3 is 10.1 Å². The van der Waals surface area contributed by atoms with Gasteiger partial charge in [0.15, 0.2) is 11.6 Å². The van der Waals surface area contributed by atoms with Crippen molar-refractivity contribution >= 4 is 45.5 Å². The van der Waals surface area contributed by atoms with Crippen LogP contribution in [-0.4, -0.2) is 27.9 Å². The summed E-state index contributed by atoms with van der Waals surface area (Å²) in [5.41, 5.74) is 1.08. The van der Waals surface area contributed by atoms with Gasteiger partial charge in [-0.25, -0.2) is 4.98 Å². The van der Waals surface area contributed by atoms with Gasteiger partial charge in [0.05, 0.1) is 22.8 Å². The molecule has 0 bridgehead atoms. The number of benzene rings is 1. The number of esters is 1. The third kappa shape index (κ3) is 3.88. The fourth-order valence-corrected chi connectivity index (χ4v) is 2.86. The van der Waals surface area contributed by atoms with Crippen molar-refractivity contribution in [3.05, 3.63) is 52.8 Å². The van der Waals surface area contributed by atoms with E-state index in [0.717, 1.165) is 4.96 Å². The minimum absolute atomic E-state index is 0.0216. The van der Waals surface area contributed by atoms with E-state index in [9.17, 15) is 9.59 Å². The molecule has 1 aromatic carbocycles. The number of anilines is 1. The monoisotopic (exact) mass is 349 g/mol. The molecule has 2 heterocycles. The maximum atomic E-state index is 11.8. The average Bonchev–Trinajstić information content (AvgIpc) is 3.09. The molecular formula is C15H12ClN3O3S. The van der Waals surface area contributed by atoms with E-state index in [1.807, 2.05) is 16.0 Å². The standard InChI is InChI=1S/C15H12ClN3O3S/c16-11-3-1-2-4-12(11)18-13(20)9-22-14(21)7-10-8-19-5-6-23-15(19)17-10/h1-6,8H,7,9H2,(H,18,20). The molecule has 0 aliphatic carbocycles. The molecule has 0 spiro atoms. The van der Waals surface area contributed by atoms with E-state index >= 15 is 0 Å². The van der Waals surface area contributed by atoms with Crippen molar-refractivity contribution in [3.63, 3.8) is 0 Å². The first-order valence-corrected chi connectivity index (χ1v) is 7.98. The summed E-state index contributed by atoms with van der Waals surface area (Å²) in [6.45, 7) is -0.369. The lowest BCUT2D eigenvalue weighted by molar-refractivity contribution is -0.146. The first kappa shape index (κ1) is 15.5. The van der Waals surface area contributed by atoms with Gasteiger partial charge in [0.1, 0.15) is 0 Å². The maximum Gasteiger partial charge on any atom is 0.312 e. The number of ether oxygens (including phenoxy) is 1. The van der Waals surface area contributed by atoms with Crippen LogP contribution in [0.15, 0.2) is 42.0 Å². The molecular weight excluding hydrogens is 338 g/mol. The Bertz CT molecular complexity index is 830. The van der Waals surface area contributed by atoms with Crippen LogP contribution in [0.3, 0.4) is 0 Å². The smallest absolute Gasteiger partial charge is 0.312 e. The Kier molecular flexibility index (Phi) is 4.59. The fourth-order valence-electron chi connectivity index (χ4n) is 1.96. The number of hydrogen-bond donors (Lipinski definition) is 1. The largest absolute Gasteiger partial charge is 0.455 e. The van der Waals surface area contributed by atoms with Crippen molar-refractivity contribution in [1.29, 1.82) is 0 Å². The molecule has 0 fully saturated rings. The predicted molar refractivity (Wildman–Crippen MR) is 87.8 cm³/mol. The molecule has 118 valence electrons. The van der Waals surface area contributed by atoms with Crippen molar-refractivity contribution in [3.8, 4) is 0 Å². The van der Waals surface area contributed by atoms with Crippen LogP contribution >= 0.6 is 22.9 Å². The zero-order valence-electron chi connectivity index (χ0n) is 11.9. The van der Waals surface area contributed by atoms with E-state index in [1.165, 1.54) is 11.3 Å². The Morgan fingerprint density at radius 1 is 1.35 bits per heavy atom. The average molecular weight is 350 g/mol. The molecule has 1 N–H and O–H groups in total. The molecule has 0 unspecified atom stereocenters. The lowest BCUT2D eigenvalue weighted by Crippen LogP contribution is -2.21. The van der Waals surface area contributed by atoms with E-state index in [1.54, 1.807) is 30.5 Å². The number of rotatable bonds is 5. The van der Waals surface area contributed by atoms with Gasteiger partial charge in [0.2, 0.25) is 0 Å². The number of para-hydroxylation sites is 1. The van der Waals surface area contributed by atoms with Crippen LogP contribution in [0.4, 0.5) is 5.69 Å². The second-order valence-corrected chi connectivity index (χ2v) is 5.97. The molecule has 6 nitrogen and oxygen atoms in total. The van der Waals surface area contributed by atoms with Crippen LogP contribution in [0.25, 0.3) is 4.96 Å². The molecule has 2 aromatic heterocycles. The van der Waals surface area contributed by atoms with Crippen molar-refractivity contribution < 1.29 is 14.3 Å². The summed E-state index contributed by atoms with van der Waals surface area (Å²) in [7, 11) is 0. The number of nitrogens with zero attached hydrogens (tertiary/aromatic N) is 2. The number of carbonyl (C=O) groups is 2. The highest BCUT2D eigenvalue weighted by Gasteiger charge is 2.12. The third-order valence-corrected chi connectivity index (χ3v) is 4.08. The van der Waals surface area contributed by atoms with Gasteiger partial charge in [0, 0.05) is 17.8 Å². The summed E-state index contributed by atoms with van der Waals surface area (Å²) < 4.78 is 6.78. The molecule has 23 heavy (non-hydrogen) atoms. The van der Waals surface area contributed by atoms with Crippen LogP contribution in [0, 0.1) is 0 Å². The number of halogens is 1. The quantitative estimate of drug-likeness (QED) is 0.719.